The molecule has 2 aliphatic heterocycles. The third-order valence-electron chi connectivity index (χ3n) is 14.3. The van der Waals surface area contributed by atoms with Gasteiger partial charge >= 0.3 is 5.97 Å². The molecule has 3 atom stereocenters. The number of halogens is 1. The predicted molar refractivity (Wildman–Crippen MR) is 291 cm³/mol. The number of nitrogens with zero attached hydrogens (tertiary/aromatic N) is 5. The van der Waals surface area contributed by atoms with Crippen LogP contribution in [-0.2, 0) is 51.6 Å². The van der Waals surface area contributed by atoms with Crippen molar-refractivity contribution in [1.29, 1.82) is 0 Å². The summed E-state index contributed by atoms with van der Waals surface area (Å²) in [4.78, 5) is 64.8. The number of aliphatic carboxylic acids is 1. The van der Waals surface area contributed by atoms with E-state index in [-0.39, 0.29) is 49.4 Å². The minimum absolute atomic E-state index is 0.137. The van der Waals surface area contributed by atoms with E-state index in [0.717, 1.165) is 61.9 Å². The monoisotopic (exact) mass is 1070 g/mol. The number of aliphatic hydroxyl groups is 2. The van der Waals surface area contributed by atoms with Crippen molar-refractivity contribution in [3.8, 4) is 28.1 Å². The van der Waals surface area contributed by atoms with Gasteiger partial charge in [-0.05, 0) is 141 Å². The van der Waals surface area contributed by atoms with E-state index < -0.39 is 42.4 Å². The van der Waals surface area contributed by atoms with Crippen LogP contribution in [0.5, 0.6) is 5.75 Å². The zero-order valence-corrected chi connectivity index (χ0v) is 44.4. The number of carbonyl (C=O) groups is 5. The number of anilines is 1. The number of para-hydroxylation sites is 1. The van der Waals surface area contributed by atoms with Crippen LogP contribution in [0.3, 0.4) is 0 Å². The average molecular weight is 1070 g/mol. The maximum atomic E-state index is 14.7. The molecule has 0 spiro atoms. The number of nitrogens with one attached hydrogen (secondary N) is 2. The summed E-state index contributed by atoms with van der Waals surface area (Å²) in [7, 11) is 0. The Hall–Kier alpha value is -7.54. The maximum Gasteiger partial charge on any atom is 0.305 e. The van der Waals surface area contributed by atoms with Crippen molar-refractivity contribution in [2.45, 2.75) is 141 Å². The molecule has 4 amide bonds. The molecule has 78 heavy (non-hydrogen) atoms. The standard InChI is InChI=1S/C60H70FN7O10/c1-39(2)56-55(59(75)62-44-17-6-5-7-18-44)54(57(41-22-24-43(61)25-23-41)67(56)30-28-46(69)35-47(70)36-53(72)73)42-15-10-20-48(34-42)78-33-13-19-45-37-66(65-64-45)29-8-3-4-9-31-77-32-12-16-40-14-11-21-49-50(40)38-68(60(49)76)51-26-27-52(71)63-58(51)74/h5-7,10-11,14-15,17-18,20-25,34,37,39,46-47,51,69-70H,3-4,8-9,12-13,16,19,26-33,35-36,38H2,1-2H3,(H,62,75)(H,72,73)(H,63,71,74)/t46-,47-,51?/m1/s1. The second-order valence-corrected chi connectivity index (χ2v) is 20.5. The summed E-state index contributed by atoms with van der Waals surface area (Å²) in [6.45, 7) is 6.95. The van der Waals surface area contributed by atoms with Gasteiger partial charge in [0.1, 0.15) is 17.6 Å². The molecule has 2 aromatic heterocycles. The molecule has 0 radical (unpaired) electrons. The molecule has 1 fully saturated rings. The number of aryl methyl sites for hydroxylation is 3. The fourth-order valence-corrected chi connectivity index (χ4v) is 10.5. The van der Waals surface area contributed by atoms with Crippen LogP contribution in [0, 0.1) is 5.82 Å². The fourth-order valence-electron chi connectivity index (χ4n) is 10.5. The second kappa shape index (κ2) is 27.2. The Kier molecular flexibility index (Phi) is 19.7. The number of imide groups is 1. The zero-order chi connectivity index (χ0) is 55.1. The summed E-state index contributed by atoms with van der Waals surface area (Å²) in [5, 5.41) is 44.8. The van der Waals surface area contributed by atoms with Crippen molar-refractivity contribution < 1.29 is 53.2 Å². The van der Waals surface area contributed by atoms with Crippen LogP contribution in [0.15, 0.2) is 103 Å². The highest BCUT2D eigenvalue weighted by Gasteiger charge is 2.40. The lowest BCUT2D eigenvalue weighted by Crippen LogP contribution is -2.52. The molecule has 0 saturated carbocycles. The molecule has 4 aromatic carbocycles. The Morgan fingerprint density at radius 3 is 2.36 bits per heavy atom. The van der Waals surface area contributed by atoms with Crippen LogP contribution in [0.2, 0.25) is 0 Å². The van der Waals surface area contributed by atoms with Gasteiger partial charge in [0.2, 0.25) is 11.8 Å². The number of benzene rings is 4. The van der Waals surface area contributed by atoms with Crippen molar-refractivity contribution in [1.82, 2.24) is 29.8 Å². The fraction of sp³-hybridized carbons (Fsp3) is 0.417. The Balaban J connectivity index is 0.823. The van der Waals surface area contributed by atoms with Gasteiger partial charge in [-0.25, -0.2) is 4.39 Å². The topological polar surface area (TPSA) is 227 Å². The largest absolute Gasteiger partial charge is 0.494 e. The number of carboxylic acid groups (broad SMARTS) is 1. The molecule has 8 rings (SSSR count). The molecule has 1 unspecified atom stereocenters. The molecule has 6 aromatic rings. The third-order valence-corrected chi connectivity index (χ3v) is 14.3. The minimum atomic E-state index is -1.24. The normalized spacial score (nSPS) is 15.1. The van der Waals surface area contributed by atoms with Crippen LogP contribution in [0.25, 0.3) is 22.4 Å². The summed E-state index contributed by atoms with van der Waals surface area (Å²) in [5.74, 6) is -2.45. The number of aromatic nitrogens is 4. The number of rotatable bonds is 29. The Bertz CT molecular complexity index is 3030. The smallest absolute Gasteiger partial charge is 0.305 e. The van der Waals surface area contributed by atoms with Gasteiger partial charge in [-0.1, -0.05) is 74.4 Å². The van der Waals surface area contributed by atoms with E-state index in [9.17, 15) is 43.7 Å². The molecule has 2 aliphatic rings. The highest BCUT2D eigenvalue weighted by molar-refractivity contribution is 6.12. The average Bonchev–Trinajstić information content (AvgIpc) is 4.15. The van der Waals surface area contributed by atoms with Crippen LogP contribution in [0.4, 0.5) is 10.1 Å². The summed E-state index contributed by atoms with van der Waals surface area (Å²) >= 11 is 0. The Morgan fingerprint density at radius 2 is 1.59 bits per heavy atom. The number of aliphatic hydroxyl groups excluding tert-OH is 2. The maximum absolute atomic E-state index is 14.7. The first-order valence-electron chi connectivity index (χ1n) is 27.2. The number of unbranched alkanes of at least 4 members (excludes halogenated alkanes) is 3. The molecule has 1 saturated heterocycles. The molecule has 4 heterocycles. The summed E-state index contributed by atoms with van der Waals surface area (Å²) in [6, 6.07) is 27.8. The second-order valence-electron chi connectivity index (χ2n) is 20.5. The van der Waals surface area contributed by atoms with E-state index >= 15 is 0 Å². The van der Waals surface area contributed by atoms with Crippen molar-refractivity contribution in [2.75, 3.05) is 25.1 Å². The lowest BCUT2D eigenvalue weighted by molar-refractivity contribution is -0.140. The number of carbonyl (C=O) groups excluding carboxylic acids is 4. The van der Waals surface area contributed by atoms with Crippen LogP contribution in [0.1, 0.15) is 134 Å². The molecule has 412 valence electrons. The van der Waals surface area contributed by atoms with Crippen molar-refractivity contribution in [2.24, 2.45) is 0 Å². The van der Waals surface area contributed by atoms with Crippen LogP contribution < -0.4 is 15.4 Å². The lowest BCUT2D eigenvalue weighted by atomic mass is 9.94. The molecule has 0 aliphatic carbocycles. The summed E-state index contributed by atoms with van der Waals surface area (Å²) in [5.41, 5.74) is 7.77. The number of piperidine rings is 1. The van der Waals surface area contributed by atoms with E-state index in [1.54, 1.807) is 29.2 Å². The minimum Gasteiger partial charge on any atom is -0.494 e. The van der Waals surface area contributed by atoms with E-state index in [2.05, 4.69) is 20.9 Å². The first kappa shape index (κ1) is 56.7. The third kappa shape index (κ3) is 14.7. The number of amides is 4. The first-order chi connectivity index (χ1) is 37.7. The van der Waals surface area contributed by atoms with Crippen molar-refractivity contribution >= 4 is 35.3 Å². The molecule has 18 heteroatoms. The van der Waals surface area contributed by atoms with Crippen LogP contribution in [-0.4, -0.2) is 107 Å². The van der Waals surface area contributed by atoms with E-state index in [0.29, 0.717) is 96.3 Å². The van der Waals surface area contributed by atoms with Gasteiger partial charge in [0.05, 0.1) is 42.2 Å². The number of fused-ring (bicyclic) bond motifs is 1. The summed E-state index contributed by atoms with van der Waals surface area (Å²) in [6.07, 6.45) is 6.61. The van der Waals surface area contributed by atoms with Gasteiger partial charge in [0, 0.05) is 68.0 Å². The number of ether oxygens (including phenoxy) is 2. The molecule has 17 nitrogen and oxygen atoms in total. The van der Waals surface area contributed by atoms with Crippen molar-refractivity contribution in [3.05, 3.63) is 143 Å². The van der Waals surface area contributed by atoms with Gasteiger partial charge in [0.15, 0.2) is 0 Å². The first-order valence-corrected chi connectivity index (χ1v) is 27.2. The van der Waals surface area contributed by atoms with Gasteiger partial charge in [-0.15, -0.1) is 5.10 Å². The van der Waals surface area contributed by atoms with E-state index in [1.165, 1.54) is 12.1 Å². The van der Waals surface area contributed by atoms with Gasteiger partial charge < -0.3 is 39.6 Å². The van der Waals surface area contributed by atoms with Crippen LogP contribution >= 0.6 is 0 Å². The summed E-state index contributed by atoms with van der Waals surface area (Å²) < 4.78 is 30.6. The van der Waals surface area contributed by atoms with Crippen molar-refractivity contribution in [3.63, 3.8) is 0 Å². The van der Waals surface area contributed by atoms with Gasteiger partial charge in [0.25, 0.3) is 11.8 Å². The SMILES string of the molecule is CC(C)c1c(C(=O)Nc2ccccc2)c(-c2cccc(OCCCc3cn(CCCCCCOCCCc4cccc5c4CN(C4CCC(=O)NC4=O)C5=O)nn3)c2)c(-c2ccc(F)cc2)n1CC[C@@H](O)C[C@@H](O)CC(=O)O. The van der Waals surface area contributed by atoms with Gasteiger partial charge in [-0.3, -0.25) is 34.0 Å². The zero-order valence-electron chi connectivity index (χ0n) is 44.4. The highest BCUT2D eigenvalue weighted by Crippen LogP contribution is 2.44. The number of hydrogen-bond donors (Lipinski definition) is 5. The number of carboxylic acids is 1. The predicted octanol–water partition coefficient (Wildman–Crippen LogP) is 8.89. The molecular formula is C60H70FN7O10. The number of hydrogen-bond acceptors (Lipinski definition) is 11. The Labute approximate surface area is 453 Å². The van der Waals surface area contributed by atoms with E-state index in [4.69, 9.17) is 9.47 Å². The molecule has 5 N–H and O–H groups in total. The molecular weight excluding hydrogens is 998 g/mol. The highest BCUT2D eigenvalue weighted by atomic mass is 19.1. The molecule has 0 bridgehead atoms. The van der Waals surface area contributed by atoms with Gasteiger partial charge in [-0.2, -0.15) is 0 Å². The van der Waals surface area contributed by atoms with E-state index in [1.807, 2.05) is 90.0 Å². The quantitative estimate of drug-likeness (QED) is 0.0219. The lowest BCUT2D eigenvalue weighted by Gasteiger charge is -2.29. The Morgan fingerprint density at radius 1 is 0.833 bits per heavy atom.